The molecule has 31 heavy (non-hydrogen) atoms. The second kappa shape index (κ2) is 8.05. The lowest BCUT2D eigenvalue weighted by Crippen LogP contribution is -2.13. The molecule has 8 nitrogen and oxygen atoms in total. The van der Waals surface area contributed by atoms with Gasteiger partial charge in [-0.1, -0.05) is 0 Å². The van der Waals surface area contributed by atoms with Crippen molar-refractivity contribution in [3.63, 3.8) is 0 Å². The van der Waals surface area contributed by atoms with Crippen molar-refractivity contribution in [3.8, 4) is 28.6 Å². The van der Waals surface area contributed by atoms with Crippen LogP contribution in [0.4, 0.5) is 10.2 Å². The molecule has 2 heterocycles. The van der Waals surface area contributed by atoms with E-state index < -0.39 is 21.6 Å². The Balaban J connectivity index is 1.85. The maximum Gasteiger partial charge on any atom is 0.258 e. The molecule has 0 radical (unpaired) electrons. The Morgan fingerprint density at radius 3 is 2.61 bits per heavy atom. The van der Waals surface area contributed by atoms with E-state index in [1.165, 1.54) is 24.4 Å². The van der Waals surface area contributed by atoms with Gasteiger partial charge in [0.15, 0.2) is 5.82 Å². The zero-order valence-corrected chi connectivity index (χ0v) is 17.5. The average molecular weight is 444 g/mol. The number of ether oxygens (including phenoxy) is 3. The summed E-state index contributed by atoms with van der Waals surface area (Å²) in [6.07, 6.45) is 0.817. The van der Waals surface area contributed by atoms with E-state index in [1.807, 2.05) is 0 Å². The predicted octanol–water partition coefficient (Wildman–Crippen LogP) is 2.73. The van der Waals surface area contributed by atoms with Gasteiger partial charge in [0.05, 0.1) is 21.6 Å². The van der Waals surface area contributed by atoms with Crippen LogP contribution in [0, 0.1) is 5.82 Å². The molecule has 2 unspecified atom stereocenters. The van der Waals surface area contributed by atoms with Crippen molar-refractivity contribution < 1.29 is 22.8 Å². The maximum absolute atomic E-state index is 13.9. The van der Waals surface area contributed by atoms with Gasteiger partial charge in [0.25, 0.3) is 5.88 Å². The number of nitrogens with zero attached hydrogens (tertiary/aromatic N) is 2. The number of hydrogen-bond donors (Lipinski definition) is 2. The first-order chi connectivity index (χ1) is 14.7. The summed E-state index contributed by atoms with van der Waals surface area (Å²) in [7, 11) is -2.96. The third kappa shape index (κ3) is 4.39. The van der Waals surface area contributed by atoms with Crippen LogP contribution in [0.1, 0.15) is 18.6 Å². The quantitative estimate of drug-likeness (QED) is 0.553. The van der Waals surface area contributed by atoms with Crippen molar-refractivity contribution in [1.29, 1.82) is 0 Å². The molecule has 2 bridgehead atoms. The van der Waals surface area contributed by atoms with Gasteiger partial charge in [0.2, 0.25) is 0 Å². The Kier molecular flexibility index (Phi) is 5.42. The van der Waals surface area contributed by atoms with Crippen LogP contribution < -0.4 is 25.1 Å². The van der Waals surface area contributed by atoms with E-state index in [0.29, 0.717) is 33.2 Å². The maximum atomic E-state index is 13.9. The Bertz CT molecular complexity index is 1250. The van der Waals surface area contributed by atoms with Crippen molar-refractivity contribution in [2.24, 2.45) is 5.14 Å². The van der Waals surface area contributed by atoms with Crippen LogP contribution in [0.5, 0.6) is 17.4 Å². The lowest BCUT2D eigenvalue weighted by atomic mass is 10.1. The van der Waals surface area contributed by atoms with Gasteiger partial charge in [-0.2, -0.15) is 0 Å². The first-order valence-corrected chi connectivity index (χ1v) is 11.1. The molecule has 0 amide bonds. The van der Waals surface area contributed by atoms with Gasteiger partial charge in [-0.15, -0.1) is 0 Å². The summed E-state index contributed by atoms with van der Waals surface area (Å²) in [5, 5.41) is 5.71. The van der Waals surface area contributed by atoms with Crippen LogP contribution >= 0.6 is 0 Å². The summed E-state index contributed by atoms with van der Waals surface area (Å²) in [6.45, 7) is 2.11. The molecule has 4 rings (SSSR count). The molecule has 0 aliphatic carbocycles. The van der Waals surface area contributed by atoms with Gasteiger partial charge in [-0.25, -0.2) is 18.6 Å². The highest BCUT2D eigenvalue weighted by Crippen LogP contribution is 2.35. The van der Waals surface area contributed by atoms with E-state index in [2.05, 4.69) is 15.8 Å². The molecule has 1 aliphatic heterocycles. The van der Waals surface area contributed by atoms with Crippen LogP contribution in [0.15, 0.2) is 47.5 Å². The fourth-order valence-electron chi connectivity index (χ4n) is 3.15. The molecule has 1 aliphatic rings. The number of halogens is 1. The van der Waals surface area contributed by atoms with E-state index in [0.717, 1.165) is 0 Å². The van der Waals surface area contributed by atoms with Gasteiger partial charge in [-0.05, 0) is 49.2 Å². The van der Waals surface area contributed by atoms with Crippen LogP contribution in [0.25, 0.3) is 11.3 Å². The number of aromatic nitrogens is 2. The normalized spacial score (nSPS) is 17.7. The first kappa shape index (κ1) is 20.9. The number of nitrogen functional groups attached to an aromatic ring is 1. The summed E-state index contributed by atoms with van der Waals surface area (Å²) < 4.78 is 43.7. The highest BCUT2D eigenvalue weighted by Gasteiger charge is 2.20. The van der Waals surface area contributed by atoms with Crippen molar-refractivity contribution in [2.75, 3.05) is 18.9 Å². The third-order valence-electron chi connectivity index (χ3n) is 4.69. The Morgan fingerprint density at radius 1 is 1.16 bits per heavy atom. The molecule has 0 saturated carbocycles. The third-order valence-corrected chi connectivity index (χ3v) is 5.74. The standard InChI is InChI=1S/C21H21FN4O4S/c1-12-15-9-13(22)3-5-18(15)28-7-8-29-19-6-4-14(31(2,24)27)10-16(19)17-11-25-20(23)21(26-17)30-12/h3-6,9-12H,2,7-8H2,1H3,(H2,23,25)(H2,24,27). The molecule has 10 heteroatoms. The first-order valence-electron chi connectivity index (χ1n) is 9.36. The molecule has 2 aromatic carbocycles. The Morgan fingerprint density at radius 2 is 1.87 bits per heavy atom. The summed E-state index contributed by atoms with van der Waals surface area (Å²) in [5.41, 5.74) is 7.32. The lowest BCUT2D eigenvalue weighted by Gasteiger charge is -2.18. The zero-order chi connectivity index (χ0) is 22.2. The van der Waals surface area contributed by atoms with Crippen molar-refractivity contribution in [3.05, 3.63) is 54.0 Å². The van der Waals surface area contributed by atoms with Gasteiger partial charge < -0.3 is 19.9 Å². The van der Waals surface area contributed by atoms with E-state index in [4.69, 9.17) is 25.1 Å². The van der Waals surface area contributed by atoms with Gasteiger partial charge in [-0.3, -0.25) is 5.14 Å². The highest BCUT2D eigenvalue weighted by atomic mass is 32.2. The Hall–Kier alpha value is -3.37. The average Bonchev–Trinajstić information content (AvgIpc) is 2.73. The van der Waals surface area contributed by atoms with Gasteiger partial charge >= 0.3 is 0 Å². The van der Waals surface area contributed by atoms with E-state index in [1.54, 1.807) is 25.1 Å². The molecule has 0 fully saturated rings. The van der Waals surface area contributed by atoms with Crippen LogP contribution in [0.3, 0.4) is 0 Å². The van der Waals surface area contributed by atoms with Gasteiger partial charge in [0.1, 0.15) is 36.6 Å². The highest BCUT2D eigenvalue weighted by molar-refractivity contribution is 7.98. The second-order valence-corrected chi connectivity index (χ2v) is 8.89. The number of rotatable bonds is 1. The topological polar surface area (TPSA) is 123 Å². The SMILES string of the molecule is C=S(N)(=O)c1ccc2c(c1)-c1cnc(N)c(n1)OC(C)c1cc(F)ccc1OCCO2. The smallest absolute Gasteiger partial charge is 0.258 e. The number of anilines is 1. The van der Waals surface area contributed by atoms with Crippen LogP contribution in [-0.4, -0.2) is 33.3 Å². The van der Waals surface area contributed by atoms with Crippen molar-refractivity contribution in [2.45, 2.75) is 17.9 Å². The number of hydrogen-bond acceptors (Lipinski definition) is 7. The van der Waals surface area contributed by atoms with Crippen molar-refractivity contribution >= 4 is 21.4 Å². The van der Waals surface area contributed by atoms with E-state index >= 15 is 0 Å². The molecule has 162 valence electrons. The molecule has 4 N–H and O–H groups in total. The fraction of sp³-hybridized carbons (Fsp3) is 0.190. The minimum atomic E-state index is -2.96. The summed E-state index contributed by atoms with van der Waals surface area (Å²) in [6, 6.07) is 8.97. The monoisotopic (exact) mass is 444 g/mol. The minimum Gasteiger partial charge on any atom is -0.490 e. The number of fused-ring (bicyclic) bond motifs is 5. The fourth-order valence-corrected chi connectivity index (χ4v) is 3.77. The van der Waals surface area contributed by atoms with Crippen molar-refractivity contribution in [1.82, 2.24) is 9.97 Å². The van der Waals surface area contributed by atoms with Gasteiger partial charge in [0, 0.05) is 16.0 Å². The largest absolute Gasteiger partial charge is 0.490 e. The summed E-state index contributed by atoms with van der Waals surface area (Å²) >= 11 is 0. The minimum absolute atomic E-state index is 0.0546. The number of benzene rings is 2. The molecule has 0 saturated heterocycles. The zero-order valence-electron chi connectivity index (χ0n) is 16.7. The molecule has 0 spiro atoms. The second-order valence-electron chi connectivity index (χ2n) is 6.97. The molecular formula is C21H21FN4O4S. The number of nitrogens with two attached hydrogens (primary N) is 2. The van der Waals surface area contributed by atoms with Crippen LogP contribution in [-0.2, 0) is 9.71 Å². The Labute approximate surface area is 179 Å². The van der Waals surface area contributed by atoms with Crippen LogP contribution in [0.2, 0.25) is 0 Å². The predicted molar refractivity (Wildman–Crippen MR) is 116 cm³/mol. The summed E-state index contributed by atoms with van der Waals surface area (Å²) in [4.78, 5) is 8.96. The molecule has 3 aromatic rings. The molecular weight excluding hydrogens is 423 g/mol. The molecule has 2 atom stereocenters. The lowest BCUT2D eigenvalue weighted by molar-refractivity contribution is 0.195. The van der Waals surface area contributed by atoms with E-state index in [-0.39, 0.29) is 24.9 Å². The molecule has 1 aromatic heterocycles. The summed E-state index contributed by atoms with van der Waals surface area (Å²) in [5.74, 6) is 4.11. The van der Waals surface area contributed by atoms with E-state index in [9.17, 15) is 8.60 Å².